The van der Waals surface area contributed by atoms with Crippen molar-refractivity contribution in [2.24, 2.45) is 11.3 Å². The van der Waals surface area contributed by atoms with Crippen LogP contribution in [0.15, 0.2) is 18.2 Å². The van der Waals surface area contributed by atoms with Gasteiger partial charge in [-0.3, -0.25) is 0 Å². The molecule has 2 atom stereocenters. The monoisotopic (exact) mass is 284 g/mol. The van der Waals surface area contributed by atoms with Crippen LogP contribution in [-0.2, 0) is 11.2 Å². The highest BCUT2D eigenvalue weighted by atomic mass is 35.5. The molecule has 0 aromatic heterocycles. The van der Waals surface area contributed by atoms with Crippen molar-refractivity contribution in [2.45, 2.75) is 31.8 Å². The molecule has 1 aliphatic heterocycles. The fourth-order valence-electron chi connectivity index (χ4n) is 3.22. The van der Waals surface area contributed by atoms with Gasteiger partial charge in [0, 0.05) is 12.0 Å². The number of rotatable bonds is 4. The highest BCUT2D eigenvalue weighted by molar-refractivity contribution is 6.30. The zero-order valence-corrected chi connectivity index (χ0v) is 11.5. The quantitative estimate of drug-likeness (QED) is 0.920. The molecule has 19 heavy (non-hydrogen) atoms. The van der Waals surface area contributed by atoms with Gasteiger partial charge < -0.3 is 9.84 Å². The third kappa shape index (κ3) is 2.39. The molecule has 2 aliphatic rings. The first-order valence-corrected chi connectivity index (χ1v) is 7.19. The average Bonchev–Trinajstić information content (AvgIpc) is 3.17. The maximum absolute atomic E-state index is 14.1. The van der Waals surface area contributed by atoms with Gasteiger partial charge in [0.2, 0.25) is 0 Å². The highest BCUT2D eigenvalue weighted by Gasteiger charge is 2.50. The number of halogens is 2. The van der Waals surface area contributed by atoms with Crippen molar-refractivity contribution in [1.82, 2.24) is 0 Å². The highest BCUT2D eigenvalue weighted by Crippen LogP contribution is 2.49. The summed E-state index contributed by atoms with van der Waals surface area (Å²) in [5, 5.41) is 10.00. The van der Waals surface area contributed by atoms with E-state index in [1.807, 2.05) is 0 Å². The largest absolute Gasteiger partial charge is 0.396 e. The summed E-state index contributed by atoms with van der Waals surface area (Å²) in [6, 6.07) is 5.06. The molecule has 4 heteroatoms. The summed E-state index contributed by atoms with van der Waals surface area (Å²) in [6.45, 7) is 0.698. The molecule has 1 saturated heterocycles. The van der Waals surface area contributed by atoms with Crippen molar-refractivity contribution in [3.05, 3.63) is 34.6 Å². The molecule has 2 nitrogen and oxygen atoms in total. The fourth-order valence-corrected chi connectivity index (χ4v) is 3.42. The second-order valence-corrected chi connectivity index (χ2v) is 6.20. The van der Waals surface area contributed by atoms with Crippen LogP contribution in [0.3, 0.4) is 0 Å². The Hall–Kier alpha value is -0.640. The van der Waals surface area contributed by atoms with Gasteiger partial charge in [0.15, 0.2) is 0 Å². The summed E-state index contributed by atoms with van der Waals surface area (Å²) in [6.07, 6.45) is 3.67. The third-order valence-electron chi connectivity index (χ3n) is 4.44. The van der Waals surface area contributed by atoms with Crippen LogP contribution < -0.4 is 0 Å². The molecule has 0 radical (unpaired) electrons. The van der Waals surface area contributed by atoms with E-state index >= 15 is 0 Å². The predicted octanol–water partition coefficient (Wildman–Crippen LogP) is 3.20. The van der Waals surface area contributed by atoms with Crippen LogP contribution in [0.4, 0.5) is 4.39 Å². The van der Waals surface area contributed by atoms with Crippen molar-refractivity contribution in [2.75, 3.05) is 13.2 Å². The van der Waals surface area contributed by atoms with E-state index in [4.69, 9.17) is 16.3 Å². The smallest absolute Gasteiger partial charge is 0.144 e. The van der Waals surface area contributed by atoms with Gasteiger partial charge in [0.25, 0.3) is 0 Å². The molecule has 1 heterocycles. The molecular weight excluding hydrogens is 267 g/mol. The standard InChI is InChI=1S/C15H18ClFO2/c16-12-3-1-2-11(13(12)17)8-15(9-18)6-7-19-14(15)10-4-5-10/h1-3,10,14,18H,4-9H2. The molecule has 0 amide bonds. The lowest BCUT2D eigenvalue weighted by Gasteiger charge is -2.32. The van der Waals surface area contributed by atoms with Gasteiger partial charge in [-0.25, -0.2) is 4.39 Å². The molecule has 104 valence electrons. The van der Waals surface area contributed by atoms with Crippen LogP contribution in [0, 0.1) is 17.2 Å². The molecule has 0 bridgehead atoms. The summed E-state index contributed by atoms with van der Waals surface area (Å²) in [4.78, 5) is 0. The van der Waals surface area contributed by atoms with Crippen molar-refractivity contribution >= 4 is 11.6 Å². The molecule has 2 fully saturated rings. The Kier molecular flexibility index (Phi) is 3.54. The zero-order valence-electron chi connectivity index (χ0n) is 10.7. The lowest BCUT2D eigenvalue weighted by molar-refractivity contribution is 0.000215. The van der Waals surface area contributed by atoms with Crippen LogP contribution in [0.1, 0.15) is 24.8 Å². The summed E-state index contributed by atoms with van der Waals surface area (Å²) in [5.74, 6) is 0.176. The Morgan fingerprint density at radius 1 is 1.42 bits per heavy atom. The van der Waals surface area contributed by atoms with E-state index in [1.165, 1.54) is 0 Å². The number of benzene rings is 1. The molecule has 1 aromatic rings. The predicted molar refractivity (Wildman–Crippen MR) is 71.7 cm³/mol. The van der Waals surface area contributed by atoms with Crippen LogP contribution in [0.5, 0.6) is 0 Å². The Morgan fingerprint density at radius 3 is 2.89 bits per heavy atom. The third-order valence-corrected chi connectivity index (χ3v) is 4.73. The molecule has 1 N–H and O–H groups in total. The average molecular weight is 285 g/mol. The second-order valence-electron chi connectivity index (χ2n) is 5.79. The molecule has 1 aromatic carbocycles. The van der Waals surface area contributed by atoms with Gasteiger partial charge in [-0.1, -0.05) is 23.7 Å². The van der Waals surface area contributed by atoms with E-state index in [9.17, 15) is 9.50 Å². The van der Waals surface area contributed by atoms with Gasteiger partial charge >= 0.3 is 0 Å². The Bertz CT molecular complexity index is 475. The Labute approximate surface area is 117 Å². The maximum atomic E-state index is 14.1. The molecule has 0 spiro atoms. The summed E-state index contributed by atoms with van der Waals surface area (Å²) in [5.41, 5.74) is 0.241. The second kappa shape index (κ2) is 5.04. The normalized spacial score (nSPS) is 30.8. The van der Waals surface area contributed by atoms with E-state index in [0.29, 0.717) is 24.5 Å². The molecule has 3 rings (SSSR count). The first-order valence-electron chi connectivity index (χ1n) is 6.82. The van der Waals surface area contributed by atoms with Crippen LogP contribution in [-0.4, -0.2) is 24.4 Å². The molecule has 2 unspecified atom stereocenters. The van der Waals surface area contributed by atoms with E-state index in [0.717, 1.165) is 19.3 Å². The Morgan fingerprint density at radius 2 is 2.21 bits per heavy atom. The number of hydrogen-bond acceptors (Lipinski definition) is 2. The number of aliphatic hydroxyl groups excluding tert-OH is 1. The van der Waals surface area contributed by atoms with Crippen molar-refractivity contribution in [3.63, 3.8) is 0 Å². The minimum atomic E-state index is -0.363. The SMILES string of the molecule is OCC1(Cc2cccc(Cl)c2F)CCOC1C1CC1. The van der Waals surface area contributed by atoms with Gasteiger partial charge in [0.1, 0.15) is 5.82 Å². The van der Waals surface area contributed by atoms with E-state index in [1.54, 1.807) is 18.2 Å². The van der Waals surface area contributed by atoms with E-state index in [2.05, 4.69) is 0 Å². The number of ether oxygens (including phenoxy) is 1. The van der Waals surface area contributed by atoms with Crippen LogP contribution in [0.25, 0.3) is 0 Å². The molecule has 1 aliphatic carbocycles. The van der Waals surface area contributed by atoms with Crippen LogP contribution in [0.2, 0.25) is 5.02 Å². The summed E-state index contributed by atoms with van der Waals surface area (Å²) in [7, 11) is 0. The van der Waals surface area contributed by atoms with E-state index < -0.39 is 0 Å². The molecular formula is C15H18ClFO2. The zero-order chi connectivity index (χ0) is 13.5. The number of hydrogen-bond donors (Lipinski definition) is 1. The van der Waals surface area contributed by atoms with Crippen molar-refractivity contribution in [1.29, 1.82) is 0 Å². The van der Waals surface area contributed by atoms with Crippen molar-refractivity contribution < 1.29 is 14.2 Å². The summed E-state index contributed by atoms with van der Waals surface area (Å²) >= 11 is 5.83. The molecule has 1 saturated carbocycles. The first-order chi connectivity index (χ1) is 9.16. The topological polar surface area (TPSA) is 29.5 Å². The van der Waals surface area contributed by atoms with Gasteiger partial charge in [-0.05, 0) is 43.2 Å². The lowest BCUT2D eigenvalue weighted by Crippen LogP contribution is -2.38. The number of aliphatic hydroxyl groups is 1. The fraction of sp³-hybridized carbons (Fsp3) is 0.600. The van der Waals surface area contributed by atoms with Crippen LogP contribution >= 0.6 is 11.6 Å². The van der Waals surface area contributed by atoms with Gasteiger partial charge in [-0.2, -0.15) is 0 Å². The maximum Gasteiger partial charge on any atom is 0.144 e. The van der Waals surface area contributed by atoms with Gasteiger partial charge in [0.05, 0.1) is 17.7 Å². The van der Waals surface area contributed by atoms with Gasteiger partial charge in [-0.15, -0.1) is 0 Å². The van der Waals surface area contributed by atoms with E-state index in [-0.39, 0.29) is 29.0 Å². The lowest BCUT2D eigenvalue weighted by atomic mass is 9.74. The minimum absolute atomic E-state index is 0.0418. The summed E-state index contributed by atoms with van der Waals surface area (Å²) < 4.78 is 19.9. The first kappa shape index (κ1) is 13.3. The Balaban J connectivity index is 1.88. The van der Waals surface area contributed by atoms with Crippen molar-refractivity contribution in [3.8, 4) is 0 Å². The minimum Gasteiger partial charge on any atom is -0.396 e.